The normalized spacial score (nSPS) is 10.7. The van der Waals surface area contributed by atoms with Gasteiger partial charge in [0.1, 0.15) is 5.75 Å². The Morgan fingerprint density at radius 3 is 2.75 bits per heavy atom. The molecule has 1 rings (SSSR count). The number of para-hydroxylation sites is 1. The van der Waals surface area contributed by atoms with Crippen LogP contribution in [0.4, 0.5) is 0 Å². The molecular weight excluding hydrogens is 252 g/mol. The van der Waals surface area contributed by atoms with Crippen molar-refractivity contribution < 1.29 is 9.53 Å². The van der Waals surface area contributed by atoms with E-state index in [0.29, 0.717) is 0 Å². The number of aryl methyl sites for hydroxylation is 1. The fraction of sp³-hybridized carbons (Fsp3) is 0.562. The molecule has 20 heavy (non-hydrogen) atoms. The third-order valence-corrected chi connectivity index (χ3v) is 2.83. The molecule has 1 amide bonds. The number of hydrogen-bond donors (Lipinski definition) is 2. The molecule has 0 unspecified atom stereocenters. The first-order chi connectivity index (χ1) is 9.54. The average molecular weight is 278 g/mol. The third-order valence-electron chi connectivity index (χ3n) is 2.83. The van der Waals surface area contributed by atoms with E-state index in [-0.39, 0.29) is 18.6 Å². The SMILES string of the molecule is CCCNCc1cccc(C)c1OCC(=O)NC(C)C. The summed E-state index contributed by atoms with van der Waals surface area (Å²) < 4.78 is 5.71. The Morgan fingerprint density at radius 1 is 1.35 bits per heavy atom. The van der Waals surface area contributed by atoms with Gasteiger partial charge < -0.3 is 15.4 Å². The fourth-order valence-corrected chi connectivity index (χ4v) is 1.96. The van der Waals surface area contributed by atoms with Crippen LogP contribution in [-0.4, -0.2) is 25.1 Å². The first-order valence-corrected chi connectivity index (χ1v) is 7.26. The molecule has 0 fully saturated rings. The van der Waals surface area contributed by atoms with Crippen molar-refractivity contribution in [2.75, 3.05) is 13.2 Å². The lowest BCUT2D eigenvalue weighted by Crippen LogP contribution is -2.34. The van der Waals surface area contributed by atoms with Crippen molar-refractivity contribution in [3.63, 3.8) is 0 Å². The van der Waals surface area contributed by atoms with Crippen LogP contribution in [-0.2, 0) is 11.3 Å². The minimum absolute atomic E-state index is 0.0593. The molecule has 0 atom stereocenters. The van der Waals surface area contributed by atoms with Crippen molar-refractivity contribution in [2.45, 2.75) is 46.7 Å². The second kappa shape index (κ2) is 8.59. The number of amides is 1. The Balaban J connectivity index is 2.65. The van der Waals surface area contributed by atoms with Crippen molar-refractivity contribution in [1.82, 2.24) is 10.6 Å². The molecule has 0 aliphatic heterocycles. The van der Waals surface area contributed by atoms with Crippen LogP contribution in [0.3, 0.4) is 0 Å². The van der Waals surface area contributed by atoms with E-state index in [4.69, 9.17) is 4.74 Å². The second-order valence-corrected chi connectivity index (χ2v) is 5.25. The lowest BCUT2D eigenvalue weighted by molar-refractivity contribution is -0.123. The van der Waals surface area contributed by atoms with Crippen molar-refractivity contribution in [1.29, 1.82) is 0 Å². The van der Waals surface area contributed by atoms with Gasteiger partial charge in [-0.05, 0) is 39.3 Å². The van der Waals surface area contributed by atoms with Gasteiger partial charge in [0.15, 0.2) is 6.61 Å². The van der Waals surface area contributed by atoms with Crippen LogP contribution in [0.25, 0.3) is 0 Å². The van der Waals surface area contributed by atoms with E-state index in [2.05, 4.69) is 17.6 Å². The van der Waals surface area contributed by atoms with Crippen LogP contribution >= 0.6 is 0 Å². The summed E-state index contributed by atoms with van der Waals surface area (Å²) in [6.07, 6.45) is 1.10. The van der Waals surface area contributed by atoms with E-state index in [1.54, 1.807) is 0 Å². The van der Waals surface area contributed by atoms with Crippen LogP contribution in [0.5, 0.6) is 5.75 Å². The van der Waals surface area contributed by atoms with Crippen molar-refractivity contribution in [3.8, 4) is 5.75 Å². The predicted octanol–water partition coefficient (Wildman–Crippen LogP) is 2.40. The number of rotatable bonds is 8. The molecule has 0 saturated carbocycles. The van der Waals surface area contributed by atoms with E-state index >= 15 is 0 Å². The van der Waals surface area contributed by atoms with Crippen LogP contribution < -0.4 is 15.4 Å². The highest BCUT2D eigenvalue weighted by Gasteiger charge is 2.10. The fourth-order valence-electron chi connectivity index (χ4n) is 1.96. The minimum atomic E-state index is -0.0873. The molecule has 0 aliphatic rings. The van der Waals surface area contributed by atoms with Gasteiger partial charge in [0.25, 0.3) is 5.91 Å². The van der Waals surface area contributed by atoms with Crippen LogP contribution in [0.2, 0.25) is 0 Å². The molecule has 112 valence electrons. The van der Waals surface area contributed by atoms with E-state index in [1.807, 2.05) is 39.0 Å². The molecule has 0 bridgehead atoms. The maximum absolute atomic E-state index is 11.7. The molecule has 1 aromatic carbocycles. The van der Waals surface area contributed by atoms with Crippen molar-refractivity contribution in [2.24, 2.45) is 0 Å². The number of benzene rings is 1. The molecule has 0 spiro atoms. The molecule has 0 heterocycles. The van der Waals surface area contributed by atoms with E-state index < -0.39 is 0 Å². The summed E-state index contributed by atoms with van der Waals surface area (Å²) in [5.74, 6) is 0.728. The van der Waals surface area contributed by atoms with Gasteiger partial charge in [0.05, 0.1) is 0 Å². The Hall–Kier alpha value is -1.55. The Morgan fingerprint density at radius 2 is 2.10 bits per heavy atom. The lowest BCUT2D eigenvalue weighted by Gasteiger charge is -2.15. The molecule has 0 saturated heterocycles. The summed E-state index contributed by atoms with van der Waals surface area (Å²) in [5.41, 5.74) is 2.15. The molecular formula is C16H26N2O2. The van der Waals surface area contributed by atoms with Crippen LogP contribution in [0, 0.1) is 6.92 Å². The van der Waals surface area contributed by atoms with Crippen LogP contribution in [0.15, 0.2) is 18.2 Å². The average Bonchev–Trinajstić information content (AvgIpc) is 2.37. The van der Waals surface area contributed by atoms with Crippen LogP contribution in [0.1, 0.15) is 38.3 Å². The largest absolute Gasteiger partial charge is 0.483 e. The first kappa shape index (κ1) is 16.5. The predicted molar refractivity (Wildman–Crippen MR) is 82.0 cm³/mol. The number of carbonyl (C=O) groups excluding carboxylic acids is 1. The summed E-state index contributed by atoms with van der Waals surface area (Å²) in [6.45, 7) is 9.80. The topological polar surface area (TPSA) is 50.4 Å². The van der Waals surface area contributed by atoms with Gasteiger partial charge in [-0.3, -0.25) is 4.79 Å². The zero-order valence-electron chi connectivity index (χ0n) is 13.0. The number of ether oxygens (including phenoxy) is 1. The van der Waals surface area contributed by atoms with Gasteiger partial charge in [0.2, 0.25) is 0 Å². The summed E-state index contributed by atoms with van der Waals surface area (Å²) in [6, 6.07) is 6.18. The highest BCUT2D eigenvalue weighted by molar-refractivity contribution is 5.77. The molecule has 4 nitrogen and oxygen atoms in total. The van der Waals surface area contributed by atoms with E-state index in [1.165, 1.54) is 0 Å². The smallest absolute Gasteiger partial charge is 0.258 e. The molecule has 2 N–H and O–H groups in total. The Labute approximate surface area is 121 Å². The Kier molecular flexibility index (Phi) is 7.09. The monoisotopic (exact) mass is 278 g/mol. The lowest BCUT2D eigenvalue weighted by atomic mass is 10.1. The van der Waals surface area contributed by atoms with Gasteiger partial charge >= 0.3 is 0 Å². The molecule has 0 radical (unpaired) electrons. The summed E-state index contributed by atoms with van der Waals surface area (Å²) in [5, 5.41) is 6.18. The maximum atomic E-state index is 11.7. The van der Waals surface area contributed by atoms with Gasteiger partial charge in [-0.25, -0.2) is 0 Å². The number of carbonyl (C=O) groups is 1. The highest BCUT2D eigenvalue weighted by atomic mass is 16.5. The summed E-state index contributed by atoms with van der Waals surface area (Å²) in [7, 11) is 0. The summed E-state index contributed by atoms with van der Waals surface area (Å²) >= 11 is 0. The molecule has 4 heteroatoms. The van der Waals surface area contributed by atoms with Crippen molar-refractivity contribution in [3.05, 3.63) is 29.3 Å². The van der Waals surface area contributed by atoms with Gasteiger partial charge in [0, 0.05) is 18.2 Å². The zero-order valence-corrected chi connectivity index (χ0v) is 13.0. The number of hydrogen-bond acceptors (Lipinski definition) is 3. The quantitative estimate of drug-likeness (QED) is 0.718. The van der Waals surface area contributed by atoms with Gasteiger partial charge in [-0.2, -0.15) is 0 Å². The highest BCUT2D eigenvalue weighted by Crippen LogP contribution is 2.23. The second-order valence-electron chi connectivity index (χ2n) is 5.25. The first-order valence-electron chi connectivity index (χ1n) is 7.26. The molecule has 0 aromatic heterocycles. The van der Waals surface area contributed by atoms with E-state index in [0.717, 1.165) is 36.4 Å². The molecule has 1 aromatic rings. The zero-order chi connectivity index (χ0) is 15.0. The number of nitrogens with one attached hydrogen (secondary N) is 2. The Bertz CT molecular complexity index is 430. The maximum Gasteiger partial charge on any atom is 0.258 e. The van der Waals surface area contributed by atoms with Gasteiger partial charge in [-0.1, -0.05) is 25.1 Å². The van der Waals surface area contributed by atoms with E-state index in [9.17, 15) is 4.79 Å². The van der Waals surface area contributed by atoms with Gasteiger partial charge in [-0.15, -0.1) is 0 Å². The minimum Gasteiger partial charge on any atom is -0.483 e. The third kappa shape index (κ3) is 5.61. The van der Waals surface area contributed by atoms with Crippen molar-refractivity contribution >= 4 is 5.91 Å². The summed E-state index contributed by atoms with van der Waals surface area (Å²) in [4.78, 5) is 11.7. The molecule has 0 aliphatic carbocycles. The standard InChI is InChI=1S/C16H26N2O2/c1-5-9-17-10-14-8-6-7-13(4)16(14)20-11-15(19)18-12(2)3/h6-8,12,17H,5,9-11H2,1-4H3,(H,18,19).